The van der Waals surface area contributed by atoms with Gasteiger partial charge in [-0.1, -0.05) is 6.92 Å². The van der Waals surface area contributed by atoms with E-state index in [9.17, 15) is 0 Å². The fourth-order valence-corrected chi connectivity index (χ4v) is 3.97. The number of rotatable bonds is 6. The van der Waals surface area contributed by atoms with E-state index in [4.69, 9.17) is 9.47 Å². The van der Waals surface area contributed by atoms with Gasteiger partial charge in [-0.05, 0) is 45.0 Å². The van der Waals surface area contributed by atoms with Gasteiger partial charge >= 0.3 is 0 Å². The van der Waals surface area contributed by atoms with E-state index >= 15 is 0 Å². The highest BCUT2D eigenvalue weighted by atomic mass is 127. The van der Waals surface area contributed by atoms with Crippen molar-refractivity contribution < 1.29 is 9.47 Å². The summed E-state index contributed by atoms with van der Waals surface area (Å²) in [6.45, 7) is 8.22. The Morgan fingerprint density at radius 3 is 2.89 bits per heavy atom. The minimum atomic E-state index is 0. The van der Waals surface area contributed by atoms with Gasteiger partial charge < -0.3 is 20.1 Å². The molecule has 2 heterocycles. The van der Waals surface area contributed by atoms with Crippen LogP contribution in [0.15, 0.2) is 17.1 Å². The van der Waals surface area contributed by atoms with Gasteiger partial charge in [0.25, 0.3) is 0 Å². The van der Waals surface area contributed by atoms with Crippen molar-refractivity contribution in [1.29, 1.82) is 0 Å². The molecule has 27 heavy (non-hydrogen) atoms. The van der Waals surface area contributed by atoms with Crippen LogP contribution in [-0.4, -0.2) is 56.8 Å². The molecule has 0 radical (unpaired) electrons. The molecule has 1 fully saturated rings. The first-order valence-electron chi connectivity index (χ1n) is 9.69. The molecule has 0 bridgehead atoms. The quantitative estimate of drug-likeness (QED) is 0.367. The molecule has 2 N–H and O–H groups in total. The molecular formula is C20H33IN4O2. The predicted octanol–water partition coefficient (Wildman–Crippen LogP) is 2.79. The minimum Gasteiger partial charge on any atom is -0.496 e. The molecule has 3 rings (SSSR count). The highest BCUT2D eigenvalue weighted by Crippen LogP contribution is 2.34. The average molecular weight is 488 g/mol. The zero-order valence-electron chi connectivity index (χ0n) is 16.9. The lowest BCUT2D eigenvalue weighted by atomic mass is 10.1. The number of ether oxygens (including phenoxy) is 2. The fourth-order valence-electron chi connectivity index (χ4n) is 3.97. The van der Waals surface area contributed by atoms with Crippen LogP contribution in [-0.2, 0) is 13.0 Å². The zero-order chi connectivity index (χ0) is 18.5. The molecule has 2 aliphatic heterocycles. The lowest BCUT2D eigenvalue weighted by Gasteiger charge is -2.24. The number of likely N-dealkylation sites (tertiary alicyclic amines) is 1. The van der Waals surface area contributed by atoms with Crippen molar-refractivity contribution >= 4 is 29.9 Å². The summed E-state index contributed by atoms with van der Waals surface area (Å²) >= 11 is 0. The second-order valence-electron chi connectivity index (χ2n) is 7.14. The number of hydrogen-bond acceptors (Lipinski definition) is 4. The molecule has 2 atom stereocenters. The molecular weight excluding hydrogens is 455 g/mol. The van der Waals surface area contributed by atoms with Crippen LogP contribution in [0.25, 0.3) is 0 Å². The number of likely N-dealkylation sites (N-methyl/N-ethyl adjacent to an activating group) is 1. The average Bonchev–Trinajstić information content (AvgIpc) is 3.25. The molecule has 1 saturated heterocycles. The van der Waals surface area contributed by atoms with Crippen LogP contribution in [0, 0.1) is 0 Å². The first kappa shape index (κ1) is 22.1. The molecule has 0 spiro atoms. The number of benzene rings is 1. The Balaban J connectivity index is 0.00000261. The molecule has 0 aliphatic carbocycles. The summed E-state index contributed by atoms with van der Waals surface area (Å²) in [5.41, 5.74) is 2.31. The Kier molecular flexibility index (Phi) is 8.47. The number of hydrogen-bond donors (Lipinski definition) is 2. The van der Waals surface area contributed by atoms with Crippen molar-refractivity contribution in [3.05, 3.63) is 23.3 Å². The highest BCUT2D eigenvalue weighted by Gasteiger charge is 2.23. The van der Waals surface area contributed by atoms with E-state index in [-0.39, 0.29) is 30.1 Å². The third kappa shape index (κ3) is 5.40. The summed E-state index contributed by atoms with van der Waals surface area (Å²) in [6, 6.07) is 4.79. The first-order chi connectivity index (χ1) is 12.6. The van der Waals surface area contributed by atoms with Gasteiger partial charge in [-0.2, -0.15) is 0 Å². The van der Waals surface area contributed by atoms with Crippen LogP contribution in [0.4, 0.5) is 0 Å². The van der Waals surface area contributed by atoms with Gasteiger partial charge in [0.15, 0.2) is 5.96 Å². The van der Waals surface area contributed by atoms with Crippen molar-refractivity contribution in [2.45, 2.75) is 51.8 Å². The Morgan fingerprint density at radius 2 is 2.19 bits per heavy atom. The second kappa shape index (κ2) is 10.4. The minimum absolute atomic E-state index is 0. The lowest BCUT2D eigenvalue weighted by Crippen LogP contribution is -2.44. The van der Waals surface area contributed by atoms with E-state index in [1.807, 2.05) is 7.05 Å². The maximum absolute atomic E-state index is 5.88. The zero-order valence-corrected chi connectivity index (χ0v) is 19.2. The van der Waals surface area contributed by atoms with E-state index in [0.29, 0.717) is 12.6 Å². The molecule has 152 valence electrons. The Hall–Kier alpha value is -1.22. The van der Waals surface area contributed by atoms with E-state index in [2.05, 4.69) is 46.5 Å². The lowest BCUT2D eigenvalue weighted by molar-refractivity contribution is 0.254. The Bertz CT molecular complexity index is 653. The normalized spacial score (nSPS) is 22.0. The molecule has 2 unspecified atom stereocenters. The molecule has 1 aromatic carbocycles. The molecule has 2 aliphatic rings. The number of methoxy groups -OCH3 is 1. The monoisotopic (exact) mass is 488 g/mol. The number of guanidine groups is 1. The van der Waals surface area contributed by atoms with Crippen molar-refractivity contribution in [3.63, 3.8) is 0 Å². The van der Waals surface area contributed by atoms with E-state index in [1.165, 1.54) is 24.9 Å². The van der Waals surface area contributed by atoms with Gasteiger partial charge in [-0.15, -0.1) is 24.0 Å². The van der Waals surface area contributed by atoms with Crippen LogP contribution in [0.1, 0.15) is 37.8 Å². The van der Waals surface area contributed by atoms with Gasteiger partial charge in [0.2, 0.25) is 0 Å². The van der Waals surface area contributed by atoms with Crippen LogP contribution >= 0.6 is 24.0 Å². The van der Waals surface area contributed by atoms with Crippen LogP contribution in [0.3, 0.4) is 0 Å². The topological polar surface area (TPSA) is 58.1 Å². The van der Waals surface area contributed by atoms with Crippen molar-refractivity contribution in [3.8, 4) is 11.5 Å². The van der Waals surface area contributed by atoms with Crippen LogP contribution in [0.5, 0.6) is 11.5 Å². The number of aliphatic imine (C=N–C) groups is 1. The predicted molar refractivity (Wildman–Crippen MR) is 121 cm³/mol. The van der Waals surface area contributed by atoms with Crippen molar-refractivity contribution in [1.82, 2.24) is 15.5 Å². The summed E-state index contributed by atoms with van der Waals surface area (Å²) in [4.78, 5) is 6.89. The molecule has 0 amide bonds. The molecule has 0 saturated carbocycles. The summed E-state index contributed by atoms with van der Waals surface area (Å²) in [5.74, 6) is 2.70. The second-order valence-corrected chi connectivity index (χ2v) is 7.14. The summed E-state index contributed by atoms with van der Waals surface area (Å²) in [7, 11) is 3.53. The van der Waals surface area contributed by atoms with Crippen LogP contribution < -0.4 is 20.1 Å². The maximum Gasteiger partial charge on any atom is 0.191 e. The SMILES string of the molecule is CCN1CCCC1CNC(=NC)NCc1cc2c(cc1OC)CC(C)O2.I. The van der Waals surface area contributed by atoms with E-state index in [0.717, 1.165) is 42.5 Å². The molecule has 7 heteroatoms. The van der Waals surface area contributed by atoms with Crippen molar-refractivity contribution in [2.24, 2.45) is 4.99 Å². The molecule has 1 aromatic rings. The number of nitrogens with zero attached hydrogens (tertiary/aromatic N) is 2. The van der Waals surface area contributed by atoms with Gasteiger partial charge in [-0.25, -0.2) is 0 Å². The standard InChI is InChI=1S/C20H32N4O2.HI/c1-5-24-8-6-7-17(24)13-23-20(21-3)22-12-16-11-19-15(9-14(2)26-19)10-18(16)25-4;/h10-11,14,17H,5-9,12-13H2,1-4H3,(H2,21,22,23);1H. The highest BCUT2D eigenvalue weighted by molar-refractivity contribution is 14.0. The summed E-state index contributed by atoms with van der Waals surface area (Å²) in [6.07, 6.45) is 3.72. The Labute approximate surface area is 180 Å². The summed E-state index contributed by atoms with van der Waals surface area (Å²) in [5, 5.41) is 6.87. The third-order valence-electron chi connectivity index (χ3n) is 5.38. The Morgan fingerprint density at radius 1 is 1.37 bits per heavy atom. The number of halogens is 1. The van der Waals surface area contributed by atoms with E-state index < -0.39 is 0 Å². The van der Waals surface area contributed by atoms with Gasteiger partial charge in [0.1, 0.15) is 17.6 Å². The summed E-state index contributed by atoms with van der Waals surface area (Å²) < 4.78 is 11.5. The first-order valence-corrected chi connectivity index (χ1v) is 9.69. The maximum atomic E-state index is 5.88. The van der Waals surface area contributed by atoms with Gasteiger partial charge in [0, 0.05) is 43.7 Å². The van der Waals surface area contributed by atoms with E-state index in [1.54, 1.807) is 7.11 Å². The third-order valence-corrected chi connectivity index (χ3v) is 5.38. The fraction of sp³-hybridized carbons (Fsp3) is 0.650. The number of nitrogens with one attached hydrogen (secondary N) is 2. The molecule has 0 aromatic heterocycles. The van der Waals surface area contributed by atoms with Gasteiger partial charge in [-0.3, -0.25) is 9.89 Å². The molecule has 6 nitrogen and oxygen atoms in total. The smallest absolute Gasteiger partial charge is 0.191 e. The van der Waals surface area contributed by atoms with Crippen LogP contribution in [0.2, 0.25) is 0 Å². The van der Waals surface area contributed by atoms with Crippen molar-refractivity contribution in [2.75, 3.05) is 33.8 Å². The van der Waals surface area contributed by atoms with Gasteiger partial charge in [0.05, 0.1) is 7.11 Å². The number of fused-ring (bicyclic) bond motifs is 1. The largest absolute Gasteiger partial charge is 0.496 e.